The van der Waals surface area contributed by atoms with Crippen molar-refractivity contribution in [2.45, 2.75) is 32.1 Å². The van der Waals surface area contributed by atoms with Crippen LogP contribution in [-0.4, -0.2) is 15.5 Å². The van der Waals surface area contributed by atoms with Gasteiger partial charge in [-0.2, -0.15) is 0 Å². The van der Waals surface area contributed by atoms with E-state index in [1.54, 1.807) is 6.20 Å². The summed E-state index contributed by atoms with van der Waals surface area (Å²) in [5, 5.41) is 2.96. The molecule has 0 radical (unpaired) electrons. The largest absolute Gasteiger partial charge is 0.326 e. The summed E-state index contributed by atoms with van der Waals surface area (Å²) in [6.07, 6.45) is 12.2. The van der Waals surface area contributed by atoms with Crippen molar-refractivity contribution < 1.29 is 4.79 Å². The number of anilines is 1. The van der Waals surface area contributed by atoms with E-state index in [1.165, 1.54) is 22.3 Å². The predicted molar refractivity (Wildman–Crippen MR) is 109 cm³/mol. The van der Waals surface area contributed by atoms with E-state index < -0.39 is 0 Å². The van der Waals surface area contributed by atoms with Gasteiger partial charge in [0.15, 0.2) is 0 Å². The first-order chi connectivity index (χ1) is 13.3. The van der Waals surface area contributed by atoms with E-state index in [0.29, 0.717) is 6.42 Å². The van der Waals surface area contributed by atoms with Crippen LogP contribution in [0.1, 0.15) is 36.0 Å². The van der Waals surface area contributed by atoms with Crippen molar-refractivity contribution in [2.75, 3.05) is 5.32 Å². The fourth-order valence-electron chi connectivity index (χ4n) is 3.52. The second-order valence-electron chi connectivity index (χ2n) is 6.92. The highest BCUT2D eigenvalue weighted by Gasteiger charge is 2.15. The van der Waals surface area contributed by atoms with Crippen molar-refractivity contribution in [3.8, 4) is 0 Å². The van der Waals surface area contributed by atoms with Crippen molar-refractivity contribution in [2.24, 2.45) is 0 Å². The number of benzene rings is 2. The van der Waals surface area contributed by atoms with E-state index in [0.717, 1.165) is 31.4 Å². The molecule has 1 N–H and O–H groups in total. The third kappa shape index (κ3) is 4.34. The highest BCUT2D eigenvalue weighted by Crippen LogP contribution is 2.29. The van der Waals surface area contributed by atoms with Crippen LogP contribution in [0.3, 0.4) is 0 Å². The van der Waals surface area contributed by atoms with Crippen molar-refractivity contribution in [3.63, 3.8) is 0 Å². The lowest BCUT2D eigenvalue weighted by molar-refractivity contribution is -0.116. The summed E-state index contributed by atoms with van der Waals surface area (Å²) >= 11 is 0. The molecule has 3 aromatic rings. The Bertz CT molecular complexity index is 943. The molecule has 1 aliphatic heterocycles. The second kappa shape index (κ2) is 8.04. The third-order valence-corrected chi connectivity index (χ3v) is 4.96. The van der Waals surface area contributed by atoms with Gasteiger partial charge in [0, 0.05) is 30.7 Å². The van der Waals surface area contributed by atoms with Gasteiger partial charge in [0.05, 0.1) is 6.33 Å². The predicted octanol–water partition coefficient (Wildman–Crippen LogP) is 4.79. The third-order valence-electron chi connectivity index (χ3n) is 4.96. The van der Waals surface area contributed by atoms with Crippen LogP contribution in [0.2, 0.25) is 0 Å². The summed E-state index contributed by atoms with van der Waals surface area (Å²) < 4.78 is 2.00. The van der Waals surface area contributed by atoms with E-state index >= 15 is 0 Å². The summed E-state index contributed by atoms with van der Waals surface area (Å²) in [5.41, 5.74) is 6.02. The van der Waals surface area contributed by atoms with Crippen LogP contribution in [0.5, 0.6) is 0 Å². The molecule has 1 aromatic heterocycles. The van der Waals surface area contributed by atoms with E-state index in [1.807, 2.05) is 23.2 Å². The second-order valence-corrected chi connectivity index (χ2v) is 6.92. The molecule has 0 bridgehead atoms. The zero-order chi connectivity index (χ0) is 18.5. The number of amides is 1. The Balaban J connectivity index is 1.56. The molecule has 0 saturated carbocycles. The molecule has 1 aliphatic rings. The van der Waals surface area contributed by atoms with Crippen LogP contribution in [0, 0.1) is 0 Å². The van der Waals surface area contributed by atoms with E-state index in [9.17, 15) is 4.79 Å². The Morgan fingerprint density at radius 2 is 2.04 bits per heavy atom. The molecule has 0 aliphatic carbocycles. The molecule has 4 nitrogen and oxygen atoms in total. The minimum atomic E-state index is 0.104. The number of carbonyl (C=O) groups is 1. The number of rotatable bonds is 6. The Kier molecular flexibility index (Phi) is 5.15. The molecule has 1 amide bonds. The van der Waals surface area contributed by atoms with Gasteiger partial charge >= 0.3 is 0 Å². The standard InChI is InChI=1S/C23H23N3O/c27-23-12-10-20-15-19(9-11-22(20)25-23)21(16-26-14-13-24-17-26)8-4-7-18-5-2-1-3-6-18/h1-3,5-6,9,11,13-17H,4,7-8,10,12H2,(H,25,27). The van der Waals surface area contributed by atoms with Gasteiger partial charge in [0.2, 0.25) is 5.91 Å². The Morgan fingerprint density at radius 1 is 1.15 bits per heavy atom. The van der Waals surface area contributed by atoms with Crippen molar-refractivity contribution in [3.05, 3.63) is 83.9 Å². The quantitative estimate of drug-likeness (QED) is 0.689. The molecule has 0 unspecified atom stereocenters. The first-order valence-electron chi connectivity index (χ1n) is 9.43. The lowest BCUT2D eigenvalue weighted by atomic mass is 9.94. The van der Waals surface area contributed by atoms with Gasteiger partial charge < -0.3 is 9.88 Å². The van der Waals surface area contributed by atoms with Crippen LogP contribution in [0.25, 0.3) is 11.8 Å². The van der Waals surface area contributed by atoms with Crippen LogP contribution in [-0.2, 0) is 17.6 Å². The van der Waals surface area contributed by atoms with Crippen molar-refractivity contribution in [1.82, 2.24) is 9.55 Å². The highest BCUT2D eigenvalue weighted by molar-refractivity contribution is 5.94. The van der Waals surface area contributed by atoms with E-state index in [4.69, 9.17) is 0 Å². The van der Waals surface area contributed by atoms with Gasteiger partial charge in [0.25, 0.3) is 0 Å². The number of aromatic nitrogens is 2. The monoisotopic (exact) mass is 357 g/mol. The summed E-state index contributed by atoms with van der Waals surface area (Å²) in [6.45, 7) is 0. The van der Waals surface area contributed by atoms with Gasteiger partial charge in [-0.05, 0) is 60.1 Å². The molecule has 2 heterocycles. The molecular formula is C23H23N3O. The number of carbonyl (C=O) groups excluding carboxylic acids is 1. The number of allylic oxidation sites excluding steroid dienone is 1. The minimum Gasteiger partial charge on any atom is -0.326 e. The molecule has 0 atom stereocenters. The highest BCUT2D eigenvalue weighted by atomic mass is 16.1. The SMILES string of the molecule is O=C1CCc2cc(C(=Cn3ccnc3)CCCc3ccccc3)ccc2N1. The Morgan fingerprint density at radius 3 is 2.85 bits per heavy atom. The maximum Gasteiger partial charge on any atom is 0.224 e. The molecule has 4 rings (SSSR count). The average molecular weight is 357 g/mol. The molecule has 0 saturated heterocycles. The summed E-state index contributed by atoms with van der Waals surface area (Å²) in [4.78, 5) is 15.7. The smallest absolute Gasteiger partial charge is 0.224 e. The Hall–Kier alpha value is -3.14. The molecule has 4 heteroatoms. The molecule has 27 heavy (non-hydrogen) atoms. The zero-order valence-electron chi connectivity index (χ0n) is 15.3. The number of fused-ring (bicyclic) bond motifs is 1. The number of aryl methyl sites for hydroxylation is 2. The number of nitrogens with one attached hydrogen (secondary N) is 1. The summed E-state index contributed by atoms with van der Waals surface area (Å²) in [7, 11) is 0. The molecule has 136 valence electrons. The lowest BCUT2D eigenvalue weighted by Gasteiger charge is -2.18. The maximum atomic E-state index is 11.6. The minimum absolute atomic E-state index is 0.104. The van der Waals surface area contributed by atoms with Crippen LogP contribution < -0.4 is 5.32 Å². The lowest BCUT2D eigenvalue weighted by Crippen LogP contribution is -2.18. The van der Waals surface area contributed by atoms with Crippen LogP contribution in [0.15, 0.2) is 67.3 Å². The number of imidazole rings is 1. The average Bonchev–Trinajstić information content (AvgIpc) is 3.21. The van der Waals surface area contributed by atoms with Gasteiger partial charge in [-0.1, -0.05) is 36.4 Å². The van der Waals surface area contributed by atoms with Gasteiger partial charge in [-0.3, -0.25) is 4.79 Å². The van der Waals surface area contributed by atoms with Gasteiger partial charge in [-0.25, -0.2) is 4.98 Å². The van der Waals surface area contributed by atoms with Gasteiger partial charge in [-0.15, -0.1) is 0 Å². The number of nitrogens with zero attached hydrogens (tertiary/aromatic N) is 2. The van der Waals surface area contributed by atoms with E-state index in [-0.39, 0.29) is 5.91 Å². The Labute approximate surface area is 159 Å². The number of hydrogen-bond acceptors (Lipinski definition) is 2. The molecule has 0 spiro atoms. The summed E-state index contributed by atoms with van der Waals surface area (Å²) in [6, 6.07) is 17.0. The summed E-state index contributed by atoms with van der Waals surface area (Å²) in [5.74, 6) is 0.104. The fraction of sp³-hybridized carbons (Fsp3) is 0.217. The van der Waals surface area contributed by atoms with E-state index in [2.05, 4.69) is 59.0 Å². The molecule has 2 aromatic carbocycles. The first kappa shape index (κ1) is 17.3. The van der Waals surface area contributed by atoms with Gasteiger partial charge in [0.1, 0.15) is 0 Å². The van der Waals surface area contributed by atoms with Crippen molar-refractivity contribution >= 4 is 23.4 Å². The normalized spacial score (nSPS) is 13.9. The van der Waals surface area contributed by atoms with Crippen LogP contribution >= 0.6 is 0 Å². The topological polar surface area (TPSA) is 46.9 Å². The molecular weight excluding hydrogens is 334 g/mol. The molecule has 0 fully saturated rings. The first-order valence-corrected chi connectivity index (χ1v) is 9.43. The van der Waals surface area contributed by atoms with Crippen LogP contribution in [0.4, 0.5) is 5.69 Å². The zero-order valence-corrected chi connectivity index (χ0v) is 15.3. The van der Waals surface area contributed by atoms with Crippen molar-refractivity contribution in [1.29, 1.82) is 0 Å². The number of hydrogen-bond donors (Lipinski definition) is 1. The fourth-order valence-corrected chi connectivity index (χ4v) is 3.52. The maximum absolute atomic E-state index is 11.6.